The summed E-state index contributed by atoms with van der Waals surface area (Å²) in [5.41, 5.74) is 1.49. The van der Waals surface area contributed by atoms with Gasteiger partial charge in [0.2, 0.25) is 5.91 Å². The lowest BCUT2D eigenvalue weighted by atomic mass is 10.1. The smallest absolute Gasteiger partial charge is 0.254 e. The van der Waals surface area contributed by atoms with Crippen LogP contribution in [0.25, 0.3) is 10.8 Å². The van der Waals surface area contributed by atoms with Crippen molar-refractivity contribution in [3.8, 4) is 0 Å². The number of aryl methyl sites for hydroxylation is 2. The van der Waals surface area contributed by atoms with Gasteiger partial charge in [-0.1, -0.05) is 30.3 Å². The summed E-state index contributed by atoms with van der Waals surface area (Å²) in [6.07, 6.45) is 0. The van der Waals surface area contributed by atoms with Crippen LogP contribution in [0.5, 0.6) is 0 Å². The van der Waals surface area contributed by atoms with E-state index in [4.69, 9.17) is 0 Å². The number of aromatic nitrogens is 1. The first kappa shape index (κ1) is 19.0. The molecule has 0 saturated heterocycles. The molecule has 3 rings (SSSR count). The van der Waals surface area contributed by atoms with Gasteiger partial charge in [-0.05, 0) is 50.6 Å². The first-order valence-corrected chi connectivity index (χ1v) is 9.70. The number of fused-ring (bicyclic) bond motifs is 1. The third-order valence-electron chi connectivity index (χ3n) is 4.47. The summed E-state index contributed by atoms with van der Waals surface area (Å²) in [6, 6.07) is 13.4. The summed E-state index contributed by atoms with van der Waals surface area (Å²) < 4.78 is 0. The van der Waals surface area contributed by atoms with Crippen LogP contribution in [0, 0.1) is 13.8 Å². The molecule has 2 amide bonds. The molecule has 27 heavy (non-hydrogen) atoms. The lowest BCUT2D eigenvalue weighted by Crippen LogP contribution is -2.42. The van der Waals surface area contributed by atoms with E-state index in [-0.39, 0.29) is 24.4 Å². The minimum absolute atomic E-state index is 0.0129. The van der Waals surface area contributed by atoms with Crippen molar-refractivity contribution in [1.29, 1.82) is 0 Å². The average molecular weight is 382 g/mol. The van der Waals surface area contributed by atoms with Crippen LogP contribution >= 0.6 is 11.3 Å². The van der Waals surface area contributed by atoms with Crippen molar-refractivity contribution in [2.24, 2.45) is 0 Å². The molecule has 3 aromatic rings. The van der Waals surface area contributed by atoms with Gasteiger partial charge in [0.15, 0.2) is 5.13 Å². The van der Waals surface area contributed by atoms with E-state index in [0.29, 0.717) is 10.7 Å². The van der Waals surface area contributed by atoms with E-state index >= 15 is 0 Å². The predicted octanol–water partition coefficient (Wildman–Crippen LogP) is 4.40. The van der Waals surface area contributed by atoms with Crippen molar-refractivity contribution in [2.45, 2.75) is 33.7 Å². The van der Waals surface area contributed by atoms with Gasteiger partial charge in [0.05, 0.1) is 5.69 Å². The normalized spacial score (nSPS) is 11.0. The fraction of sp³-hybridized carbons (Fsp3) is 0.286. The number of hydrogen-bond acceptors (Lipinski definition) is 4. The molecule has 1 heterocycles. The van der Waals surface area contributed by atoms with Crippen LogP contribution in [0.2, 0.25) is 0 Å². The summed E-state index contributed by atoms with van der Waals surface area (Å²) in [5.74, 6) is -0.399. The number of nitrogens with zero attached hydrogens (tertiary/aromatic N) is 2. The number of nitrogens with one attached hydrogen (secondary N) is 1. The second-order valence-corrected chi connectivity index (χ2v) is 8.00. The van der Waals surface area contributed by atoms with Gasteiger partial charge in [0.25, 0.3) is 5.91 Å². The molecule has 1 aromatic heterocycles. The largest absolute Gasteiger partial charge is 0.327 e. The van der Waals surface area contributed by atoms with Gasteiger partial charge in [-0.2, -0.15) is 0 Å². The number of carbonyl (C=O) groups is 2. The molecule has 0 unspecified atom stereocenters. The van der Waals surface area contributed by atoms with Crippen LogP contribution in [0.3, 0.4) is 0 Å². The second kappa shape index (κ2) is 7.88. The quantitative estimate of drug-likeness (QED) is 0.712. The van der Waals surface area contributed by atoms with Gasteiger partial charge >= 0.3 is 0 Å². The van der Waals surface area contributed by atoms with Gasteiger partial charge in [-0.3, -0.25) is 9.59 Å². The summed E-state index contributed by atoms with van der Waals surface area (Å²) in [7, 11) is 0. The van der Waals surface area contributed by atoms with Gasteiger partial charge in [-0.15, -0.1) is 11.3 Å². The maximum atomic E-state index is 13.0. The molecule has 0 aliphatic heterocycles. The summed E-state index contributed by atoms with van der Waals surface area (Å²) in [4.78, 5) is 32.4. The molecule has 0 radical (unpaired) electrons. The molecule has 0 atom stereocenters. The van der Waals surface area contributed by atoms with Crippen LogP contribution in [-0.2, 0) is 4.79 Å². The van der Waals surface area contributed by atoms with Crippen molar-refractivity contribution in [3.05, 3.63) is 58.6 Å². The van der Waals surface area contributed by atoms with Crippen molar-refractivity contribution in [2.75, 3.05) is 11.9 Å². The fourth-order valence-corrected chi connectivity index (χ4v) is 3.65. The van der Waals surface area contributed by atoms with E-state index in [1.54, 1.807) is 4.90 Å². The molecule has 2 aromatic carbocycles. The van der Waals surface area contributed by atoms with Crippen molar-refractivity contribution in [1.82, 2.24) is 9.88 Å². The van der Waals surface area contributed by atoms with Gasteiger partial charge in [-0.25, -0.2) is 4.98 Å². The molecule has 0 bridgehead atoms. The standard InChI is InChI=1S/C21H23N3O2S/c1-13(2)24(12-19(25)23-21-22-14(3)15(4)27-21)20(26)18-10-9-16-7-5-6-8-17(16)11-18/h5-11,13H,12H2,1-4H3,(H,22,23,25). The van der Waals surface area contributed by atoms with E-state index in [1.165, 1.54) is 11.3 Å². The first-order chi connectivity index (χ1) is 12.8. The molecular weight excluding hydrogens is 358 g/mol. The predicted molar refractivity (Wildman–Crippen MR) is 110 cm³/mol. The van der Waals surface area contributed by atoms with E-state index in [0.717, 1.165) is 21.3 Å². The summed E-state index contributed by atoms with van der Waals surface area (Å²) in [6.45, 7) is 7.67. The number of benzene rings is 2. The molecule has 1 N–H and O–H groups in total. The number of thiazole rings is 1. The Hall–Kier alpha value is -2.73. The summed E-state index contributed by atoms with van der Waals surface area (Å²) in [5, 5.41) is 5.45. The monoisotopic (exact) mass is 381 g/mol. The van der Waals surface area contributed by atoms with E-state index in [2.05, 4.69) is 10.3 Å². The molecule has 0 spiro atoms. The Bertz CT molecular complexity index is 975. The molecule has 0 aliphatic carbocycles. The molecule has 5 nitrogen and oxygen atoms in total. The van der Waals surface area contributed by atoms with E-state index in [9.17, 15) is 9.59 Å². The Balaban J connectivity index is 1.77. The van der Waals surface area contributed by atoms with Crippen LogP contribution in [0.1, 0.15) is 34.8 Å². The lowest BCUT2D eigenvalue weighted by molar-refractivity contribution is -0.117. The molecule has 0 fully saturated rings. The minimum atomic E-state index is -0.244. The molecular formula is C21H23N3O2S. The highest BCUT2D eigenvalue weighted by atomic mass is 32.1. The third kappa shape index (κ3) is 4.34. The van der Waals surface area contributed by atoms with Crippen LogP contribution in [0.4, 0.5) is 5.13 Å². The Morgan fingerprint density at radius 1 is 1.11 bits per heavy atom. The Kier molecular flexibility index (Phi) is 5.56. The SMILES string of the molecule is Cc1nc(NC(=O)CN(C(=O)c2ccc3ccccc3c2)C(C)C)sc1C. The highest BCUT2D eigenvalue weighted by Crippen LogP contribution is 2.21. The number of rotatable bonds is 5. The fourth-order valence-electron chi connectivity index (χ4n) is 2.82. The number of carbonyl (C=O) groups excluding carboxylic acids is 2. The number of anilines is 1. The van der Waals surface area contributed by atoms with Gasteiger partial charge in [0, 0.05) is 16.5 Å². The van der Waals surface area contributed by atoms with Crippen LogP contribution in [-0.4, -0.2) is 34.3 Å². The van der Waals surface area contributed by atoms with Crippen molar-refractivity contribution >= 4 is 39.1 Å². The molecule has 0 aliphatic rings. The van der Waals surface area contributed by atoms with Gasteiger partial charge in [0.1, 0.15) is 6.54 Å². The second-order valence-electron chi connectivity index (χ2n) is 6.80. The van der Waals surface area contributed by atoms with Gasteiger partial charge < -0.3 is 10.2 Å². The van der Waals surface area contributed by atoms with E-state index < -0.39 is 0 Å². The van der Waals surface area contributed by atoms with E-state index in [1.807, 2.05) is 70.2 Å². The summed E-state index contributed by atoms with van der Waals surface area (Å²) >= 11 is 1.44. The average Bonchev–Trinajstić information content (AvgIpc) is 2.95. The zero-order chi connectivity index (χ0) is 19.6. The maximum Gasteiger partial charge on any atom is 0.254 e. The van der Waals surface area contributed by atoms with Crippen LogP contribution in [0.15, 0.2) is 42.5 Å². The third-order valence-corrected chi connectivity index (χ3v) is 5.46. The Labute approximate surface area is 163 Å². The molecule has 6 heteroatoms. The first-order valence-electron chi connectivity index (χ1n) is 8.89. The molecule has 0 saturated carbocycles. The minimum Gasteiger partial charge on any atom is -0.327 e. The zero-order valence-electron chi connectivity index (χ0n) is 15.9. The van der Waals surface area contributed by atoms with Crippen molar-refractivity contribution in [3.63, 3.8) is 0 Å². The highest BCUT2D eigenvalue weighted by molar-refractivity contribution is 7.15. The number of hydrogen-bond donors (Lipinski definition) is 1. The topological polar surface area (TPSA) is 62.3 Å². The highest BCUT2D eigenvalue weighted by Gasteiger charge is 2.22. The molecule has 140 valence electrons. The van der Waals surface area contributed by atoms with Crippen LogP contribution < -0.4 is 5.32 Å². The lowest BCUT2D eigenvalue weighted by Gasteiger charge is -2.26. The Morgan fingerprint density at radius 2 is 1.81 bits per heavy atom. The maximum absolute atomic E-state index is 13.0. The zero-order valence-corrected chi connectivity index (χ0v) is 16.8. The van der Waals surface area contributed by atoms with Crippen molar-refractivity contribution < 1.29 is 9.59 Å². The Morgan fingerprint density at radius 3 is 2.44 bits per heavy atom. The number of amides is 2.